The maximum atomic E-state index is 11.0. The summed E-state index contributed by atoms with van der Waals surface area (Å²) in [7, 11) is 1.51. The van der Waals surface area contributed by atoms with Crippen molar-refractivity contribution in [2.75, 3.05) is 7.11 Å². The second kappa shape index (κ2) is 4.52. The van der Waals surface area contributed by atoms with Gasteiger partial charge in [-0.2, -0.15) is 0 Å². The molecule has 98 valence electrons. The topological polar surface area (TPSA) is 66.8 Å². The molecule has 0 radical (unpaired) electrons. The van der Waals surface area contributed by atoms with Crippen LogP contribution in [0, 0.1) is 0 Å². The lowest BCUT2D eigenvalue weighted by atomic mass is 9.69. The highest BCUT2D eigenvalue weighted by atomic mass is 16.5. The van der Waals surface area contributed by atoms with Crippen LogP contribution < -0.4 is 4.74 Å². The van der Waals surface area contributed by atoms with Crippen LogP contribution in [0.4, 0.5) is 0 Å². The molecule has 1 aromatic rings. The zero-order chi connectivity index (χ0) is 13.3. The molecule has 0 bridgehead atoms. The van der Waals surface area contributed by atoms with E-state index in [0.717, 1.165) is 30.4 Å². The van der Waals surface area contributed by atoms with Crippen molar-refractivity contribution in [3.8, 4) is 11.5 Å². The standard InChI is InChI=1S/C14H18O4/c1-14(8-13(16)17)5-3-4-9-6-12(18-2)11(15)7-10(9)14/h6-7,15H,3-5,8H2,1-2H3,(H,16,17). The number of aliphatic carboxylic acids is 1. The fourth-order valence-electron chi connectivity index (χ4n) is 2.86. The lowest BCUT2D eigenvalue weighted by molar-refractivity contribution is -0.138. The Morgan fingerprint density at radius 3 is 2.83 bits per heavy atom. The van der Waals surface area contributed by atoms with Crippen molar-refractivity contribution in [2.24, 2.45) is 0 Å². The third-order valence-corrected chi connectivity index (χ3v) is 3.77. The monoisotopic (exact) mass is 250 g/mol. The molecule has 0 saturated heterocycles. The molecule has 1 atom stereocenters. The first-order valence-electron chi connectivity index (χ1n) is 6.08. The van der Waals surface area contributed by atoms with Crippen molar-refractivity contribution in [3.05, 3.63) is 23.3 Å². The summed E-state index contributed by atoms with van der Waals surface area (Å²) in [5.41, 5.74) is 1.62. The highest BCUT2D eigenvalue weighted by Crippen LogP contribution is 2.43. The molecule has 18 heavy (non-hydrogen) atoms. The fraction of sp³-hybridized carbons (Fsp3) is 0.500. The number of fused-ring (bicyclic) bond motifs is 1. The maximum Gasteiger partial charge on any atom is 0.304 e. The number of phenols is 1. The summed E-state index contributed by atoms with van der Waals surface area (Å²) in [6.07, 6.45) is 2.79. The average Bonchev–Trinajstić information content (AvgIpc) is 2.28. The maximum absolute atomic E-state index is 11.0. The van der Waals surface area contributed by atoms with Crippen molar-refractivity contribution < 1.29 is 19.7 Å². The number of carbonyl (C=O) groups is 1. The molecular formula is C14H18O4. The predicted octanol–water partition coefficient (Wildman–Crippen LogP) is 2.47. The average molecular weight is 250 g/mol. The second-order valence-corrected chi connectivity index (χ2v) is 5.17. The third kappa shape index (κ3) is 2.15. The Bertz CT molecular complexity index is 481. The minimum atomic E-state index is -0.805. The zero-order valence-electron chi connectivity index (χ0n) is 10.7. The quantitative estimate of drug-likeness (QED) is 0.864. The SMILES string of the molecule is COc1cc2c(cc1O)C(C)(CC(=O)O)CCC2. The number of aryl methyl sites for hydroxylation is 1. The minimum Gasteiger partial charge on any atom is -0.504 e. The van der Waals surface area contributed by atoms with Crippen molar-refractivity contribution in [2.45, 2.75) is 38.0 Å². The van der Waals surface area contributed by atoms with Gasteiger partial charge >= 0.3 is 5.97 Å². The number of carboxylic acids is 1. The first-order chi connectivity index (χ1) is 8.46. The van der Waals surface area contributed by atoms with Crippen molar-refractivity contribution in [1.29, 1.82) is 0 Å². The molecule has 0 saturated carbocycles. The third-order valence-electron chi connectivity index (χ3n) is 3.77. The van der Waals surface area contributed by atoms with E-state index in [9.17, 15) is 9.90 Å². The van der Waals surface area contributed by atoms with E-state index in [1.807, 2.05) is 13.0 Å². The largest absolute Gasteiger partial charge is 0.504 e. The molecule has 2 rings (SSSR count). The van der Waals surface area contributed by atoms with E-state index in [4.69, 9.17) is 9.84 Å². The summed E-state index contributed by atoms with van der Waals surface area (Å²) in [6.45, 7) is 1.95. The van der Waals surface area contributed by atoms with Gasteiger partial charge in [0.05, 0.1) is 13.5 Å². The van der Waals surface area contributed by atoms with Crippen LogP contribution in [0.2, 0.25) is 0 Å². The number of benzene rings is 1. The van der Waals surface area contributed by atoms with Crippen LogP contribution >= 0.6 is 0 Å². The van der Waals surface area contributed by atoms with E-state index in [1.54, 1.807) is 6.07 Å². The summed E-state index contributed by atoms with van der Waals surface area (Å²) in [5, 5.41) is 18.9. The molecule has 2 N–H and O–H groups in total. The predicted molar refractivity (Wildman–Crippen MR) is 67.2 cm³/mol. The van der Waals surface area contributed by atoms with Crippen LogP contribution in [0.1, 0.15) is 37.3 Å². The van der Waals surface area contributed by atoms with E-state index in [-0.39, 0.29) is 12.2 Å². The fourth-order valence-corrected chi connectivity index (χ4v) is 2.86. The Kier molecular flexibility index (Phi) is 3.20. The second-order valence-electron chi connectivity index (χ2n) is 5.17. The van der Waals surface area contributed by atoms with Gasteiger partial charge in [0, 0.05) is 5.41 Å². The summed E-state index contributed by atoms with van der Waals surface area (Å²) in [6, 6.07) is 3.49. The first-order valence-corrected chi connectivity index (χ1v) is 6.08. The van der Waals surface area contributed by atoms with E-state index in [1.165, 1.54) is 7.11 Å². The zero-order valence-corrected chi connectivity index (χ0v) is 10.7. The van der Waals surface area contributed by atoms with Gasteiger partial charge in [-0.3, -0.25) is 4.79 Å². The molecule has 1 aliphatic rings. The summed E-state index contributed by atoms with van der Waals surface area (Å²) < 4.78 is 5.09. The highest BCUT2D eigenvalue weighted by molar-refractivity contribution is 5.69. The van der Waals surface area contributed by atoms with E-state index in [0.29, 0.717) is 5.75 Å². The Hall–Kier alpha value is -1.71. The van der Waals surface area contributed by atoms with E-state index < -0.39 is 11.4 Å². The Morgan fingerprint density at radius 2 is 2.22 bits per heavy atom. The van der Waals surface area contributed by atoms with Gasteiger partial charge in [0.15, 0.2) is 11.5 Å². The van der Waals surface area contributed by atoms with E-state index >= 15 is 0 Å². The number of hydrogen-bond donors (Lipinski definition) is 2. The van der Waals surface area contributed by atoms with Gasteiger partial charge in [-0.25, -0.2) is 0 Å². The number of ether oxygens (including phenoxy) is 1. The molecule has 0 heterocycles. The normalized spacial score (nSPS) is 22.3. The minimum absolute atomic E-state index is 0.0785. The molecule has 1 aliphatic carbocycles. The van der Waals surface area contributed by atoms with Gasteiger partial charge in [-0.15, -0.1) is 0 Å². The first kappa shape index (κ1) is 12.7. The summed E-state index contributed by atoms with van der Waals surface area (Å²) in [4.78, 5) is 11.0. The van der Waals surface area contributed by atoms with Gasteiger partial charge < -0.3 is 14.9 Å². The van der Waals surface area contributed by atoms with Gasteiger partial charge in [0.2, 0.25) is 0 Å². The molecule has 1 unspecified atom stereocenters. The smallest absolute Gasteiger partial charge is 0.304 e. The molecule has 4 heteroatoms. The highest BCUT2D eigenvalue weighted by Gasteiger charge is 2.35. The van der Waals surface area contributed by atoms with E-state index in [2.05, 4.69) is 0 Å². The van der Waals surface area contributed by atoms with Crippen LogP contribution in [-0.4, -0.2) is 23.3 Å². The molecule has 0 aliphatic heterocycles. The number of hydrogen-bond acceptors (Lipinski definition) is 3. The Morgan fingerprint density at radius 1 is 1.50 bits per heavy atom. The van der Waals surface area contributed by atoms with Crippen LogP contribution in [-0.2, 0) is 16.6 Å². The summed E-state index contributed by atoms with van der Waals surface area (Å²) >= 11 is 0. The molecule has 4 nitrogen and oxygen atoms in total. The lowest BCUT2D eigenvalue weighted by Crippen LogP contribution is -2.30. The number of methoxy groups -OCH3 is 1. The Balaban J connectivity index is 2.49. The van der Waals surface area contributed by atoms with Gasteiger partial charge in [-0.05, 0) is 42.5 Å². The molecule has 1 aromatic carbocycles. The Labute approximate surface area is 106 Å². The van der Waals surface area contributed by atoms with Gasteiger partial charge in [0.1, 0.15) is 0 Å². The van der Waals surface area contributed by atoms with Crippen LogP contribution in [0.25, 0.3) is 0 Å². The number of aromatic hydroxyl groups is 1. The van der Waals surface area contributed by atoms with Gasteiger partial charge in [0.25, 0.3) is 0 Å². The molecule has 0 amide bonds. The summed E-state index contributed by atoms with van der Waals surface area (Å²) in [5.74, 6) is -0.274. The van der Waals surface area contributed by atoms with Crippen LogP contribution in [0.3, 0.4) is 0 Å². The van der Waals surface area contributed by atoms with Crippen molar-refractivity contribution >= 4 is 5.97 Å². The molecule has 0 aromatic heterocycles. The number of carboxylic acid groups (broad SMARTS) is 1. The van der Waals surface area contributed by atoms with Crippen molar-refractivity contribution in [1.82, 2.24) is 0 Å². The number of phenolic OH excluding ortho intramolecular Hbond substituents is 1. The van der Waals surface area contributed by atoms with Gasteiger partial charge in [-0.1, -0.05) is 6.92 Å². The molecule has 0 spiro atoms. The van der Waals surface area contributed by atoms with Crippen LogP contribution in [0.5, 0.6) is 11.5 Å². The van der Waals surface area contributed by atoms with Crippen LogP contribution in [0.15, 0.2) is 12.1 Å². The number of rotatable bonds is 3. The molecular weight excluding hydrogens is 232 g/mol. The van der Waals surface area contributed by atoms with Crippen molar-refractivity contribution in [3.63, 3.8) is 0 Å². The molecule has 0 fully saturated rings. The lowest BCUT2D eigenvalue weighted by Gasteiger charge is -2.35.